The summed E-state index contributed by atoms with van der Waals surface area (Å²) in [5.74, 6) is -0.0293. The van der Waals surface area contributed by atoms with Crippen molar-refractivity contribution in [3.8, 4) is 6.07 Å². The Kier molecular flexibility index (Phi) is 6.85. The molecular formula is C24H25N7O3. The molecule has 3 aromatic rings. The van der Waals surface area contributed by atoms with E-state index >= 15 is 0 Å². The van der Waals surface area contributed by atoms with E-state index in [9.17, 15) is 14.9 Å². The first-order valence-corrected chi connectivity index (χ1v) is 11.0. The van der Waals surface area contributed by atoms with Crippen molar-refractivity contribution >= 4 is 40.6 Å². The SMILES string of the molecule is CC(C)NC(=O)c1c[nH]c2ncc(Nc3ccc(/C=C(\C#N)C(=O)N4CCOCC4)cc3)nc12. The van der Waals surface area contributed by atoms with E-state index in [-0.39, 0.29) is 23.4 Å². The predicted molar refractivity (Wildman–Crippen MR) is 127 cm³/mol. The van der Waals surface area contributed by atoms with Gasteiger partial charge in [-0.1, -0.05) is 12.1 Å². The van der Waals surface area contributed by atoms with Gasteiger partial charge < -0.3 is 25.3 Å². The van der Waals surface area contributed by atoms with E-state index in [4.69, 9.17) is 4.74 Å². The maximum Gasteiger partial charge on any atom is 0.264 e. The van der Waals surface area contributed by atoms with E-state index in [0.29, 0.717) is 48.8 Å². The summed E-state index contributed by atoms with van der Waals surface area (Å²) in [6.07, 6.45) is 4.75. The van der Waals surface area contributed by atoms with Crippen molar-refractivity contribution in [1.82, 2.24) is 25.2 Å². The third-order valence-corrected chi connectivity index (χ3v) is 5.19. The summed E-state index contributed by atoms with van der Waals surface area (Å²) < 4.78 is 5.26. The average molecular weight is 460 g/mol. The van der Waals surface area contributed by atoms with E-state index in [1.807, 2.05) is 32.0 Å². The molecule has 10 heteroatoms. The third-order valence-electron chi connectivity index (χ3n) is 5.19. The van der Waals surface area contributed by atoms with Crippen LogP contribution in [0.5, 0.6) is 0 Å². The van der Waals surface area contributed by atoms with Gasteiger partial charge in [0.2, 0.25) is 0 Å². The second-order valence-corrected chi connectivity index (χ2v) is 8.10. The minimum Gasteiger partial charge on any atom is -0.378 e. The number of ether oxygens (including phenoxy) is 1. The number of amides is 2. The normalized spacial score (nSPS) is 14.2. The van der Waals surface area contributed by atoms with E-state index < -0.39 is 0 Å². The van der Waals surface area contributed by atoms with Gasteiger partial charge in [0.1, 0.15) is 23.0 Å². The molecular weight excluding hydrogens is 434 g/mol. The molecule has 1 aliphatic heterocycles. The molecule has 0 aliphatic carbocycles. The number of H-pyrrole nitrogens is 1. The second-order valence-electron chi connectivity index (χ2n) is 8.10. The fourth-order valence-electron chi connectivity index (χ4n) is 3.52. The monoisotopic (exact) mass is 459 g/mol. The Hall–Kier alpha value is -4.23. The van der Waals surface area contributed by atoms with E-state index in [0.717, 1.165) is 11.3 Å². The Morgan fingerprint density at radius 1 is 1.24 bits per heavy atom. The number of aromatic nitrogens is 3. The van der Waals surface area contributed by atoms with Crippen molar-refractivity contribution < 1.29 is 14.3 Å². The molecule has 0 unspecified atom stereocenters. The number of fused-ring (bicyclic) bond motifs is 1. The number of carbonyl (C=O) groups excluding carboxylic acids is 2. The Morgan fingerprint density at radius 2 is 1.97 bits per heavy atom. The number of nitrogens with zero attached hydrogens (tertiary/aromatic N) is 4. The van der Waals surface area contributed by atoms with Crippen LogP contribution in [0.3, 0.4) is 0 Å². The topological polar surface area (TPSA) is 136 Å². The van der Waals surface area contributed by atoms with Gasteiger partial charge in [0, 0.05) is 31.0 Å². The average Bonchev–Trinajstić information content (AvgIpc) is 3.27. The van der Waals surface area contributed by atoms with Crippen LogP contribution in [0.1, 0.15) is 29.8 Å². The quantitative estimate of drug-likeness (QED) is 0.381. The van der Waals surface area contributed by atoms with Gasteiger partial charge in [0.05, 0.1) is 25.0 Å². The van der Waals surface area contributed by atoms with Gasteiger partial charge in [-0.3, -0.25) is 9.59 Å². The van der Waals surface area contributed by atoms with Gasteiger partial charge in [0.25, 0.3) is 11.8 Å². The van der Waals surface area contributed by atoms with Gasteiger partial charge in [-0.05, 0) is 37.6 Å². The Labute approximate surface area is 196 Å². The van der Waals surface area contributed by atoms with Gasteiger partial charge in [-0.15, -0.1) is 0 Å². The lowest BCUT2D eigenvalue weighted by Crippen LogP contribution is -2.41. The highest BCUT2D eigenvalue weighted by atomic mass is 16.5. The molecule has 3 N–H and O–H groups in total. The number of benzene rings is 1. The summed E-state index contributed by atoms with van der Waals surface area (Å²) in [6.45, 7) is 5.70. The first-order chi connectivity index (χ1) is 16.4. The number of hydrogen-bond acceptors (Lipinski definition) is 7. The molecule has 2 amide bonds. The van der Waals surface area contributed by atoms with E-state index in [1.165, 1.54) is 0 Å². The van der Waals surface area contributed by atoms with Crippen LogP contribution < -0.4 is 10.6 Å². The summed E-state index contributed by atoms with van der Waals surface area (Å²) in [7, 11) is 0. The minimum absolute atomic E-state index is 0.00462. The maximum atomic E-state index is 12.6. The molecule has 4 rings (SSSR count). The smallest absolute Gasteiger partial charge is 0.264 e. The zero-order valence-electron chi connectivity index (χ0n) is 19.0. The molecule has 34 heavy (non-hydrogen) atoms. The molecule has 10 nitrogen and oxygen atoms in total. The Bertz CT molecular complexity index is 1270. The van der Waals surface area contributed by atoms with Crippen molar-refractivity contribution in [3.63, 3.8) is 0 Å². The Morgan fingerprint density at radius 3 is 2.65 bits per heavy atom. The van der Waals surface area contributed by atoms with Crippen LogP contribution in [0.4, 0.5) is 11.5 Å². The van der Waals surface area contributed by atoms with E-state index in [1.54, 1.807) is 35.5 Å². The second kappa shape index (κ2) is 10.1. The summed E-state index contributed by atoms with van der Waals surface area (Å²) in [5.41, 5.74) is 2.97. The summed E-state index contributed by atoms with van der Waals surface area (Å²) >= 11 is 0. The molecule has 0 bridgehead atoms. The van der Waals surface area contributed by atoms with Crippen LogP contribution in [-0.4, -0.2) is 64.0 Å². The van der Waals surface area contributed by atoms with Crippen LogP contribution in [-0.2, 0) is 9.53 Å². The number of morpholine rings is 1. The molecule has 0 saturated carbocycles. The van der Waals surface area contributed by atoms with Gasteiger partial charge in [-0.2, -0.15) is 5.26 Å². The van der Waals surface area contributed by atoms with Gasteiger partial charge in [-0.25, -0.2) is 9.97 Å². The fraction of sp³-hybridized carbons (Fsp3) is 0.292. The van der Waals surface area contributed by atoms with Crippen molar-refractivity contribution in [2.24, 2.45) is 0 Å². The Balaban J connectivity index is 1.49. The molecule has 1 aliphatic rings. The lowest BCUT2D eigenvalue weighted by Gasteiger charge is -2.26. The molecule has 1 fully saturated rings. The molecule has 174 valence electrons. The van der Waals surface area contributed by atoms with E-state index in [2.05, 4.69) is 25.6 Å². The van der Waals surface area contributed by atoms with Crippen LogP contribution >= 0.6 is 0 Å². The van der Waals surface area contributed by atoms with Crippen molar-refractivity contribution in [2.45, 2.75) is 19.9 Å². The molecule has 0 spiro atoms. The number of nitrogens with one attached hydrogen (secondary N) is 3. The molecule has 1 saturated heterocycles. The fourth-order valence-corrected chi connectivity index (χ4v) is 3.52. The van der Waals surface area contributed by atoms with Crippen LogP contribution in [0, 0.1) is 11.3 Å². The van der Waals surface area contributed by atoms with Crippen molar-refractivity contribution in [2.75, 3.05) is 31.6 Å². The largest absolute Gasteiger partial charge is 0.378 e. The molecule has 1 aromatic carbocycles. The standard InChI is InChI=1S/C24H25N7O3/c1-15(2)28-23(32)19-13-26-22-21(19)30-20(14-27-22)29-18-5-3-16(4-6-18)11-17(12-25)24(33)31-7-9-34-10-8-31/h3-6,11,13-15H,7-10H2,1-2H3,(H,26,27)(H,28,32)(H,29,30)/b17-11+. The molecule has 3 heterocycles. The lowest BCUT2D eigenvalue weighted by atomic mass is 10.1. The molecule has 2 aromatic heterocycles. The van der Waals surface area contributed by atoms with Crippen LogP contribution in [0.25, 0.3) is 17.2 Å². The third kappa shape index (κ3) is 5.22. The van der Waals surface area contributed by atoms with Crippen molar-refractivity contribution in [1.29, 1.82) is 5.26 Å². The van der Waals surface area contributed by atoms with Crippen molar-refractivity contribution in [3.05, 3.63) is 53.4 Å². The number of carbonyl (C=O) groups is 2. The minimum atomic E-state index is -0.291. The van der Waals surface area contributed by atoms with Gasteiger partial charge >= 0.3 is 0 Å². The number of rotatable bonds is 6. The van der Waals surface area contributed by atoms with Crippen LogP contribution in [0.2, 0.25) is 0 Å². The highest BCUT2D eigenvalue weighted by Gasteiger charge is 2.20. The summed E-state index contributed by atoms with van der Waals surface area (Å²) in [5, 5.41) is 15.5. The van der Waals surface area contributed by atoms with Gasteiger partial charge in [0.15, 0.2) is 5.65 Å². The number of aromatic amines is 1. The molecule has 0 atom stereocenters. The highest BCUT2D eigenvalue weighted by Crippen LogP contribution is 2.21. The maximum absolute atomic E-state index is 12.6. The highest BCUT2D eigenvalue weighted by molar-refractivity contribution is 6.05. The lowest BCUT2D eigenvalue weighted by molar-refractivity contribution is -0.130. The predicted octanol–water partition coefficient (Wildman–Crippen LogP) is 2.61. The van der Waals surface area contributed by atoms with Crippen LogP contribution in [0.15, 0.2) is 42.2 Å². The first kappa shape index (κ1) is 22.9. The summed E-state index contributed by atoms with van der Waals surface area (Å²) in [6, 6.07) is 9.24. The molecule has 0 radical (unpaired) electrons. The number of nitriles is 1. The zero-order valence-corrected chi connectivity index (χ0v) is 19.0. The number of anilines is 2. The zero-order chi connectivity index (χ0) is 24.1. The summed E-state index contributed by atoms with van der Waals surface area (Å²) in [4.78, 5) is 38.5. The number of hydrogen-bond donors (Lipinski definition) is 3. The first-order valence-electron chi connectivity index (χ1n) is 11.0.